The van der Waals surface area contributed by atoms with Crippen molar-refractivity contribution in [2.24, 2.45) is 5.92 Å². The maximum Gasteiger partial charge on any atom is 0.407 e. The van der Waals surface area contributed by atoms with E-state index in [-0.39, 0.29) is 49.5 Å². The Hall–Kier alpha value is -7.20. The van der Waals surface area contributed by atoms with Gasteiger partial charge in [-0.3, -0.25) is 28.8 Å². The monoisotopic (exact) mass is 1210 g/mol. The smallest absolute Gasteiger partial charge is 0.407 e. The molecule has 470 valence electrons. The number of alkyl carbamates (subject to hydrolysis) is 1. The van der Waals surface area contributed by atoms with E-state index in [4.69, 9.17) is 23.4 Å². The molecule has 1 aliphatic heterocycles. The molecule has 0 radical (unpaired) electrons. The topological polar surface area (TPSA) is 258 Å². The van der Waals surface area contributed by atoms with Crippen LogP contribution in [-0.2, 0) is 63.4 Å². The van der Waals surface area contributed by atoms with Crippen molar-refractivity contribution >= 4 is 55.8 Å². The number of benzene rings is 3. The Kier molecular flexibility index (Phi) is 24.6. The Bertz CT molecular complexity index is 2850. The van der Waals surface area contributed by atoms with Crippen LogP contribution in [0.5, 0.6) is 0 Å². The van der Waals surface area contributed by atoms with Gasteiger partial charge >= 0.3 is 12.1 Å². The number of likely N-dealkylation sites (tertiary alicyclic amines) is 1. The molecule has 2 aliphatic rings. The van der Waals surface area contributed by atoms with Crippen LogP contribution in [0.1, 0.15) is 118 Å². The molecule has 21 heteroatoms. The number of carbonyl (C=O) groups is 8. The van der Waals surface area contributed by atoms with Gasteiger partial charge in [0.2, 0.25) is 35.4 Å². The van der Waals surface area contributed by atoms with E-state index in [9.17, 15) is 33.6 Å². The second-order valence-corrected chi connectivity index (χ2v) is 29.8. The Labute approximate surface area is 509 Å². The van der Waals surface area contributed by atoms with Crippen molar-refractivity contribution < 1.29 is 61.7 Å². The SMILES string of the molecule is C=CC(C)(C)OC[C@H](NC(=O)[C@@H](NC(=O)[C@@H](CO[Si](C)(C)C(C)(C)C)NC(=O)[C@H](Cc1ccccc1)NC(=O)[C@@H]1CCCN1C(=O)[C@H](C)NC(=O)OCC1c2ccccc2-c2ccccc21)[C@@H](C)OC(C)(C)C=C)C(=O)N[C@H](C(=O)OC)[C@@H](C)CC. The van der Waals surface area contributed by atoms with Crippen LogP contribution >= 0.6 is 0 Å². The summed E-state index contributed by atoms with van der Waals surface area (Å²) in [7, 11) is -1.47. The van der Waals surface area contributed by atoms with Crippen LogP contribution in [0, 0.1) is 5.92 Å². The molecule has 1 aliphatic carbocycles. The van der Waals surface area contributed by atoms with Gasteiger partial charge in [-0.1, -0.05) is 132 Å². The van der Waals surface area contributed by atoms with Crippen LogP contribution in [0.4, 0.5) is 4.79 Å². The van der Waals surface area contributed by atoms with Gasteiger partial charge in [-0.05, 0) is 106 Å². The molecule has 1 fully saturated rings. The van der Waals surface area contributed by atoms with E-state index >= 15 is 4.79 Å². The quantitative estimate of drug-likeness (QED) is 0.0220. The van der Waals surface area contributed by atoms with Crippen molar-refractivity contribution in [1.82, 2.24) is 36.8 Å². The van der Waals surface area contributed by atoms with Gasteiger partial charge < -0.3 is 60.2 Å². The van der Waals surface area contributed by atoms with Crippen molar-refractivity contribution in [3.63, 3.8) is 0 Å². The fourth-order valence-electron chi connectivity index (χ4n) is 9.82. The zero-order chi connectivity index (χ0) is 63.9. The molecule has 0 aromatic heterocycles. The van der Waals surface area contributed by atoms with Gasteiger partial charge in [-0.2, -0.15) is 0 Å². The van der Waals surface area contributed by atoms with Crippen LogP contribution in [0.2, 0.25) is 18.1 Å². The summed E-state index contributed by atoms with van der Waals surface area (Å²) in [5, 5.41) is 16.3. The molecule has 3 aromatic carbocycles. The van der Waals surface area contributed by atoms with Gasteiger partial charge in [0, 0.05) is 18.9 Å². The fraction of sp³-hybridized carbons (Fsp3) is 0.538. The van der Waals surface area contributed by atoms with Gasteiger partial charge in [0.15, 0.2) is 8.32 Å². The maximum absolute atomic E-state index is 15.1. The van der Waals surface area contributed by atoms with Crippen molar-refractivity contribution in [2.75, 3.05) is 33.5 Å². The number of hydrogen-bond donors (Lipinski definition) is 6. The van der Waals surface area contributed by atoms with Crippen LogP contribution < -0.4 is 31.9 Å². The molecule has 0 unspecified atom stereocenters. The summed E-state index contributed by atoms with van der Waals surface area (Å²) in [6, 6.07) is 15.8. The molecule has 0 spiro atoms. The third-order valence-electron chi connectivity index (χ3n) is 16.6. The highest BCUT2D eigenvalue weighted by molar-refractivity contribution is 6.74. The summed E-state index contributed by atoms with van der Waals surface area (Å²) >= 11 is 0. The van der Waals surface area contributed by atoms with Crippen molar-refractivity contribution in [1.29, 1.82) is 0 Å². The molecule has 1 heterocycles. The molecule has 6 N–H and O–H groups in total. The van der Waals surface area contributed by atoms with E-state index < -0.39 is 122 Å². The minimum Gasteiger partial charge on any atom is -0.467 e. The first-order valence-corrected chi connectivity index (χ1v) is 32.6. The van der Waals surface area contributed by atoms with E-state index in [1.165, 1.54) is 31.1 Å². The molecule has 9 atom stereocenters. The standard InChI is InChI=1S/C65H93N7O13Si/c1-17-40(4)53(61(79)81-14)70-56(74)50(38-83-64(10,11)18-2)69-59(77)54(42(6)85-65(12,13)19-3)71-57(75)51(39-84-86(15,16)63(7,8)9)68-55(73)49(36-43-28-21-20-22-29-43)67-58(76)52-34-27-35-72(52)60(78)41(5)66-62(80)82-37-48-46-32-25-23-30-44(46)45-31-24-26-33-47(45)48/h18-26,28-33,40-42,48-54H,2-3,17,27,34-39H2,1,4-16H3,(H,66,80)(H,67,76)(H,68,73)(H,69,77)(H,70,74)(H,71,75)/t40-,41-,42+,49-,50-,51+,52-,53-,54-/m0/s1. The Balaban J connectivity index is 1.40. The Morgan fingerprint density at radius 1 is 0.674 bits per heavy atom. The summed E-state index contributed by atoms with van der Waals surface area (Å²) in [5.74, 6) is -5.71. The van der Waals surface area contributed by atoms with Gasteiger partial charge in [0.25, 0.3) is 0 Å². The second kappa shape index (κ2) is 30.4. The number of esters is 1. The van der Waals surface area contributed by atoms with E-state index in [0.717, 1.165) is 22.3 Å². The summed E-state index contributed by atoms with van der Waals surface area (Å²) in [6.45, 7) is 30.7. The van der Waals surface area contributed by atoms with Crippen LogP contribution in [0.3, 0.4) is 0 Å². The predicted octanol–water partition coefficient (Wildman–Crippen LogP) is 7.16. The molecule has 3 aromatic rings. The van der Waals surface area contributed by atoms with E-state index in [0.29, 0.717) is 18.4 Å². The molecule has 20 nitrogen and oxygen atoms in total. The lowest BCUT2D eigenvalue weighted by molar-refractivity contribution is -0.147. The average molecular weight is 1210 g/mol. The molecule has 1 saturated heterocycles. The van der Waals surface area contributed by atoms with E-state index in [1.807, 2.05) is 89.3 Å². The van der Waals surface area contributed by atoms with Crippen LogP contribution in [0.25, 0.3) is 11.1 Å². The first-order chi connectivity index (χ1) is 40.4. The zero-order valence-corrected chi connectivity index (χ0v) is 53.8. The number of methoxy groups -OCH3 is 1. The molecular formula is C65H93N7O13Si. The highest BCUT2D eigenvalue weighted by atomic mass is 28.4. The molecule has 86 heavy (non-hydrogen) atoms. The van der Waals surface area contributed by atoms with E-state index in [2.05, 4.69) is 45.1 Å². The summed E-state index contributed by atoms with van der Waals surface area (Å²) < 4.78 is 29.7. The molecule has 0 bridgehead atoms. The van der Waals surface area contributed by atoms with E-state index in [1.54, 1.807) is 71.9 Å². The first kappa shape index (κ1) is 69.6. The number of ether oxygens (including phenoxy) is 4. The average Bonchev–Trinajstić information content (AvgIpc) is 1.81. The number of nitrogens with zero attached hydrogens (tertiary/aromatic N) is 1. The zero-order valence-electron chi connectivity index (χ0n) is 52.8. The summed E-state index contributed by atoms with van der Waals surface area (Å²) in [5.41, 5.74) is 2.86. The predicted molar refractivity (Wildman–Crippen MR) is 332 cm³/mol. The Morgan fingerprint density at radius 2 is 1.21 bits per heavy atom. The van der Waals surface area contributed by atoms with Crippen LogP contribution in [-0.4, -0.2) is 154 Å². The van der Waals surface area contributed by atoms with Gasteiger partial charge in [0.05, 0.1) is 37.6 Å². The van der Waals surface area contributed by atoms with Crippen LogP contribution in [0.15, 0.2) is 104 Å². The number of fused-ring (bicyclic) bond motifs is 3. The first-order valence-electron chi connectivity index (χ1n) is 29.7. The third kappa shape index (κ3) is 18.7. The number of hydrogen-bond acceptors (Lipinski definition) is 13. The summed E-state index contributed by atoms with van der Waals surface area (Å²) in [6.07, 6.45) is 2.31. The van der Waals surface area contributed by atoms with Gasteiger partial charge in [0.1, 0.15) is 48.9 Å². The molecule has 7 amide bonds. The highest BCUT2D eigenvalue weighted by Gasteiger charge is 2.43. The molecule has 5 rings (SSSR count). The number of carbonyl (C=O) groups excluding carboxylic acids is 8. The normalized spacial score (nSPS) is 17.1. The lowest BCUT2D eigenvalue weighted by atomic mass is 9.98. The molecular weight excluding hydrogens is 1110 g/mol. The molecule has 0 saturated carbocycles. The number of rotatable bonds is 30. The highest BCUT2D eigenvalue weighted by Crippen LogP contribution is 2.44. The van der Waals surface area contributed by atoms with Gasteiger partial charge in [-0.25, -0.2) is 9.59 Å². The lowest BCUT2D eigenvalue weighted by Crippen LogP contribution is -2.64. The number of amides is 7. The summed E-state index contributed by atoms with van der Waals surface area (Å²) in [4.78, 5) is 115. The maximum atomic E-state index is 15.1. The Morgan fingerprint density at radius 3 is 1.77 bits per heavy atom. The fourth-order valence-corrected chi connectivity index (χ4v) is 10.8. The third-order valence-corrected chi connectivity index (χ3v) is 21.1. The largest absolute Gasteiger partial charge is 0.467 e. The minimum absolute atomic E-state index is 0.0362. The second-order valence-electron chi connectivity index (χ2n) is 25.0. The lowest BCUT2D eigenvalue weighted by Gasteiger charge is -2.38. The van der Waals surface area contributed by atoms with Crippen molar-refractivity contribution in [3.8, 4) is 11.1 Å². The number of nitrogens with one attached hydrogen (secondary N) is 6. The van der Waals surface area contributed by atoms with Crippen molar-refractivity contribution in [3.05, 3.63) is 121 Å². The van der Waals surface area contributed by atoms with Gasteiger partial charge in [-0.15, -0.1) is 13.2 Å². The van der Waals surface area contributed by atoms with Crippen molar-refractivity contribution in [2.45, 2.75) is 185 Å². The minimum atomic E-state index is -2.68.